The molecule has 1 unspecified atom stereocenters. The summed E-state index contributed by atoms with van der Waals surface area (Å²) in [5.74, 6) is 1.39. The minimum Gasteiger partial charge on any atom is -0.478 e. The smallest absolute Gasteiger partial charge is 0.218 e. The fourth-order valence-corrected chi connectivity index (χ4v) is 1.93. The average Bonchev–Trinajstić information content (AvgIpc) is 2.46. The lowest BCUT2D eigenvalue weighted by Crippen LogP contribution is -2.11. The summed E-state index contributed by atoms with van der Waals surface area (Å²) in [6, 6.07) is 12.4. The molecule has 1 aromatic carbocycles. The molecule has 1 aromatic heterocycles. The van der Waals surface area contributed by atoms with Crippen LogP contribution >= 0.6 is 0 Å². The molecule has 0 aliphatic carbocycles. The summed E-state index contributed by atoms with van der Waals surface area (Å²) >= 11 is 0. The van der Waals surface area contributed by atoms with Gasteiger partial charge in [0.25, 0.3) is 0 Å². The molecule has 0 aliphatic rings. The predicted molar refractivity (Wildman–Crippen MR) is 76.3 cm³/mol. The molecule has 1 atom stereocenters. The standard InChI is InChI=1S/C15H19N3O/c1-3-13(12-8-6-5-7-9-12)18-14-10-15(19-4-2)17-11-16-14/h5-11,13H,3-4H2,1-2H3,(H,16,17,18). The van der Waals surface area contributed by atoms with Crippen LogP contribution < -0.4 is 10.1 Å². The quantitative estimate of drug-likeness (QED) is 0.861. The summed E-state index contributed by atoms with van der Waals surface area (Å²) in [5, 5.41) is 3.41. The molecule has 0 amide bonds. The van der Waals surface area contributed by atoms with Gasteiger partial charge in [-0.1, -0.05) is 37.3 Å². The van der Waals surface area contributed by atoms with Crippen LogP contribution in [0.2, 0.25) is 0 Å². The summed E-state index contributed by atoms with van der Waals surface area (Å²) in [6.45, 7) is 4.69. The second-order valence-electron chi connectivity index (χ2n) is 4.19. The molecule has 0 fully saturated rings. The van der Waals surface area contributed by atoms with Crippen LogP contribution in [-0.2, 0) is 0 Å². The first-order valence-corrected chi connectivity index (χ1v) is 6.59. The maximum absolute atomic E-state index is 5.38. The molecule has 100 valence electrons. The van der Waals surface area contributed by atoms with Gasteiger partial charge in [-0.3, -0.25) is 0 Å². The fourth-order valence-electron chi connectivity index (χ4n) is 1.93. The first-order valence-electron chi connectivity index (χ1n) is 6.59. The number of nitrogens with zero attached hydrogens (tertiary/aromatic N) is 2. The summed E-state index contributed by atoms with van der Waals surface area (Å²) in [4.78, 5) is 8.29. The molecule has 2 aromatic rings. The van der Waals surface area contributed by atoms with Gasteiger partial charge in [0.15, 0.2) is 0 Å². The minimum absolute atomic E-state index is 0.241. The monoisotopic (exact) mass is 257 g/mol. The second-order valence-corrected chi connectivity index (χ2v) is 4.19. The molecule has 1 heterocycles. The molecule has 0 spiro atoms. The number of hydrogen-bond acceptors (Lipinski definition) is 4. The number of benzene rings is 1. The van der Waals surface area contributed by atoms with Crippen LogP contribution in [0, 0.1) is 0 Å². The van der Waals surface area contributed by atoms with E-state index in [9.17, 15) is 0 Å². The second kappa shape index (κ2) is 6.73. The van der Waals surface area contributed by atoms with Crippen molar-refractivity contribution in [3.63, 3.8) is 0 Å². The minimum atomic E-state index is 0.241. The molecule has 0 radical (unpaired) electrons. The molecule has 2 rings (SSSR count). The van der Waals surface area contributed by atoms with Crippen LogP contribution in [0.15, 0.2) is 42.7 Å². The van der Waals surface area contributed by atoms with Gasteiger partial charge in [0.2, 0.25) is 5.88 Å². The lowest BCUT2D eigenvalue weighted by atomic mass is 10.0. The van der Waals surface area contributed by atoms with Crippen LogP contribution in [0.4, 0.5) is 5.82 Å². The zero-order valence-electron chi connectivity index (χ0n) is 11.3. The summed E-state index contributed by atoms with van der Waals surface area (Å²) in [7, 11) is 0. The number of hydrogen-bond donors (Lipinski definition) is 1. The van der Waals surface area contributed by atoms with Crippen molar-refractivity contribution < 1.29 is 4.74 Å². The van der Waals surface area contributed by atoms with Crippen LogP contribution in [-0.4, -0.2) is 16.6 Å². The van der Waals surface area contributed by atoms with E-state index in [1.54, 1.807) is 0 Å². The van der Waals surface area contributed by atoms with Gasteiger partial charge >= 0.3 is 0 Å². The van der Waals surface area contributed by atoms with Gasteiger partial charge in [0.1, 0.15) is 12.1 Å². The maximum Gasteiger partial charge on any atom is 0.218 e. The summed E-state index contributed by atoms with van der Waals surface area (Å²) in [6.07, 6.45) is 2.50. The highest BCUT2D eigenvalue weighted by Crippen LogP contribution is 2.22. The van der Waals surface area contributed by atoms with E-state index >= 15 is 0 Å². The van der Waals surface area contributed by atoms with Crippen molar-refractivity contribution in [2.75, 3.05) is 11.9 Å². The van der Waals surface area contributed by atoms with E-state index in [-0.39, 0.29) is 6.04 Å². The molecule has 0 saturated carbocycles. The van der Waals surface area contributed by atoms with Crippen molar-refractivity contribution in [2.45, 2.75) is 26.3 Å². The van der Waals surface area contributed by atoms with Crippen molar-refractivity contribution in [3.8, 4) is 5.88 Å². The van der Waals surface area contributed by atoms with E-state index in [4.69, 9.17) is 4.74 Å². The molecule has 0 aliphatic heterocycles. The zero-order valence-corrected chi connectivity index (χ0v) is 11.3. The van der Waals surface area contributed by atoms with Gasteiger partial charge < -0.3 is 10.1 Å². The average molecular weight is 257 g/mol. The van der Waals surface area contributed by atoms with Crippen LogP contribution in [0.25, 0.3) is 0 Å². The number of rotatable bonds is 6. The number of nitrogens with one attached hydrogen (secondary N) is 1. The van der Waals surface area contributed by atoms with E-state index in [0.29, 0.717) is 12.5 Å². The predicted octanol–water partition coefficient (Wildman–Crippen LogP) is 3.44. The van der Waals surface area contributed by atoms with Gasteiger partial charge in [-0.2, -0.15) is 0 Å². The Labute approximate surface area is 113 Å². The molecular formula is C15H19N3O. The number of aromatic nitrogens is 2. The Morgan fingerprint density at radius 2 is 1.95 bits per heavy atom. The molecule has 1 N–H and O–H groups in total. The summed E-state index contributed by atoms with van der Waals surface area (Å²) in [5.41, 5.74) is 1.25. The molecule has 0 bridgehead atoms. The van der Waals surface area contributed by atoms with Crippen molar-refractivity contribution in [1.82, 2.24) is 9.97 Å². The van der Waals surface area contributed by atoms with Crippen LogP contribution in [0.3, 0.4) is 0 Å². The van der Waals surface area contributed by atoms with Crippen molar-refractivity contribution in [1.29, 1.82) is 0 Å². The normalized spacial score (nSPS) is 11.9. The molecule has 19 heavy (non-hydrogen) atoms. The van der Waals surface area contributed by atoms with Gasteiger partial charge in [-0.15, -0.1) is 0 Å². The zero-order chi connectivity index (χ0) is 13.5. The van der Waals surface area contributed by atoms with Crippen LogP contribution in [0.1, 0.15) is 31.9 Å². The van der Waals surface area contributed by atoms with E-state index in [0.717, 1.165) is 12.2 Å². The largest absolute Gasteiger partial charge is 0.478 e. The Hall–Kier alpha value is -2.10. The topological polar surface area (TPSA) is 47.0 Å². The molecule has 0 saturated heterocycles. The highest BCUT2D eigenvalue weighted by atomic mass is 16.5. The van der Waals surface area contributed by atoms with Crippen molar-refractivity contribution >= 4 is 5.82 Å². The fraction of sp³-hybridized carbons (Fsp3) is 0.333. The van der Waals surface area contributed by atoms with Crippen molar-refractivity contribution in [2.24, 2.45) is 0 Å². The first kappa shape index (κ1) is 13.3. The Bertz CT molecular complexity index is 502. The first-order chi connectivity index (χ1) is 9.33. The Balaban J connectivity index is 2.12. The lowest BCUT2D eigenvalue weighted by Gasteiger charge is -2.18. The third-order valence-corrected chi connectivity index (χ3v) is 2.87. The third kappa shape index (κ3) is 3.68. The Kier molecular flexibility index (Phi) is 4.72. The maximum atomic E-state index is 5.38. The van der Waals surface area contributed by atoms with Crippen LogP contribution in [0.5, 0.6) is 5.88 Å². The highest BCUT2D eigenvalue weighted by Gasteiger charge is 2.09. The molecule has 4 nitrogen and oxygen atoms in total. The number of anilines is 1. The third-order valence-electron chi connectivity index (χ3n) is 2.87. The van der Waals surface area contributed by atoms with Gasteiger partial charge in [0.05, 0.1) is 12.6 Å². The van der Waals surface area contributed by atoms with Gasteiger partial charge in [-0.25, -0.2) is 9.97 Å². The van der Waals surface area contributed by atoms with Gasteiger partial charge in [-0.05, 0) is 18.9 Å². The van der Waals surface area contributed by atoms with E-state index < -0.39 is 0 Å². The summed E-state index contributed by atoms with van der Waals surface area (Å²) < 4.78 is 5.38. The van der Waals surface area contributed by atoms with E-state index in [1.165, 1.54) is 11.9 Å². The van der Waals surface area contributed by atoms with E-state index in [2.05, 4.69) is 34.3 Å². The number of ether oxygens (including phenoxy) is 1. The Morgan fingerprint density at radius 1 is 1.16 bits per heavy atom. The van der Waals surface area contributed by atoms with Crippen molar-refractivity contribution in [3.05, 3.63) is 48.3 Å². The van der Waals surface area contributed by atoms with E-state index in [1.807, 2.05) is 31.2 Å². The lowest BCUT2D eigenvalue weighted by molar-refractivity contribution is 0.326. The highest BCUT2D eigenvalue weighted by molar-refractivity contribution is 5.40. The SMILES string of the molecule is CCOc1cc(NC(CC)c2ccccc2)ncn1. The Morgan fingerprint density at radius 3 is 2.63 bits per heavy atom. The van der Waals surface area contributed by atoms with Gasteiger partial charge in [0, 0.05) is 6.07 Å². The molecular weight excluding hydrogens is 238 g/mol. The molecule has 4 heteroatoms.